The number of nitrogens with zero attached hydrogens (tertiary/aromatic N) is 5. The third-order valence-corrected chi connectivity index (χ3v) is 5.08. The molecule has 0 saturated carbocycles. The summed E-state index contributed by atoms with van der Waals surface area (Å²) in [7, 11) is -1.69. The molecule has 0 aliphatic heterocycles. The third kappa shape index (κ3) is 4.14. The Kier molecular flexibility index (Phi) is 4.81. The Hall–Kier alpha value is -3.59. The number of nitrogens with one attached hydrogen (secondary N) is 1. The van der Waals surface area contributed by atoms with Crippen molar-refractivity contribution in [2.24, 2.45) is 7.05 Å². The fraction of sp³-hybridized carbons (Fsp3) is 0.100. The summed E-state index contributed by atoms with van der Waals surface area (Å²) >= 11 is 0. The molecule has 0 radical (unpaired) electrons. The van der Waals surface area contributed by atoms with E-state index in [2.05, 4.69) is 25.4 Å². The van der Waals surface area contributed by atoms with Crippen LogP contribution in [0.15, 0.2) is 72.4 Å². The van der Waals surface area contributed by atoms with Crippen molar-refractivity contribution >= 4 is 21.3 Å². The van der Waals surface area contributed by atoms with Gasteiger partial charge in [0.1, 0.15) is 5.82 Å². The van der Waals surface area contributed by atoms with Crippen molar-refractivity contribution in [1.29, 1.82) is 0 Å². The van der Waals surface area contributed by atoms with Crippen molar-refractivity contribution in [1.82, 2.24) is 24.7 Å². The highest BCUT2D eigenvalue weighted by Crippen LogP contribution is 2.31. The molecule has 1 aromatic carbocycles. The maximum Gasteiger partial charge on any atom is 0.248 e. The van der Waals surface area contributed by atoms with Crippen molar-refractivity contribution in [3.05, 3.63) is 67.3 Å². The number of hydrogen-bond donors (Lipinski definition) is 1. The van der Waals surface area contributed by atoms with Gasteiger partial charge in [0.2, 0.25) is 15.0 Å². The van der Waals surface area contributed by atoms with Crippen LogP contribution < -0.4 is 5.32 Å². The summed E-state index contributed by atoms with van der Waals surface area (Å²) in [6.07, 6.45) is 7.76. The van der Waals surface area contributed by atoms with E-state index < -0.39 is 9.84 Å². The summed E-state index contributed by atoms with van der Waals surface area (Å²) in [6, 6.07) is 13.3. The van der Waals surface area contributed by atoms with Crippen LogP contribution in [0.5, 0.6) is 0 Å². The lowest BCUT2D eigenvalue weighted by molar-refractivity contribution is 0.593. The quantitative estimate of drug-likeness (QED) is 0.508. The van der Waals surface area contributed by atoms with E-state index in [1.165, 1.54) is 6.20 Å². The van der Waals surface area contributed by atoms with Gasteiger partial charge in [-0.25, -0.2) is 18.4 Å². The van der Waals surface area contributed by atoms with Gasteiger partial charge >= 0.3 is 0 Å². The second kappa shape index (κ2) is 7.44. The van der Waals surface area contributed by atoms with Gasteiger partial charge in [0.25, 0.3) is 0 Å². The third-order valence-electron chi connectivity index (χ3n) is 4.22. The van der Waals surface area contributed by atoms with Gasteiger partial charge in [0.15, 0.2) is 0 Å². The molecule has 0 saturated heterocycles. The Morgan fingerprint density at radius 1 is 1.03 bits per heavy atom. The molecule has 146 valence electrons. The van der Waals surface area contributed by atoms with Gasteiger partial charge in [0.05, 0.1) is 5.69 Å². The summed E-state index contributed by atoms with van der Waals surface area (Å²) in [5.41, 5.74) is 4.02. The van der Waals surface area contributed by atoms with Crippen molar-refractivity contribution in [2.45, 2.75) is 5.16 Å². The van der Waals surface area contributed by atoms with Crippen LogP contribution in [0, 0.1) is 0 Å². The van der Waals surface area contributed by atoms with Gasteiger partial charge < -0.3 is 5.32 Å². The topological polar surface area (TPSA) is 103 Å². The molecule has 0 atom stereocenters. The first-order valence-corrected chi connectivity index (χ1v) is 10.6. The molecule has 0 fully saturated rings. The Balaban J connectivity index is 1.82. The van der Waals surface area contributed by atoms with Gasteiger partial charge in [0, 0.05) is 54.9 Å². The number of hydrogen-bond acceptors (Lipinski definition) is 7. The highest BCUT2D eigenvalue weighted by molar-refractivity contribution is 7.90. The Labute approximate surface area is 168 Å². The number of rotatable bonds is 5. The minimum atomic E-state index is -3.55. The molecule has 0 aliphatic rings. The lowest BCUT2D eigenvalue weighted by atomic mass is 10.0. The van der Waals surface area contributed by atoms with Crippen LogP contribution in [0.1, 0.15) is 0 Å². The molecule has 1 N–H and O–H groups in total. The molecule has 3 heterocycles. The van der Waals surface area contributed by atoms with Crippen LogP contribution in [0.25, 0.3) is 22.4 Å². The van der Waals surface area contributed by atoms with Crippen molar-refractivity contribution in [3.8, 4) is 22.4 Å². The largest absolute Gasteiger partial charge is 0.339 e. The minimum Gasteiger partial charge on any atom is -0.339 e. The summed E-state index contributed by atoms with van der Waals surface area (Å²) in [6.45, 7) is 0. The van der Waals surface area contributed by atoms with Crippen LogP contribution in [-0.2, 0) is 16.9 Å². The number of aromatic nitrogens is 5. The first-order chi connectivity index (χ1) is 13.9. The molecule has 3 aromatic heterocycles. The molecule has 4 aromatic rings. The monoisotopic (exact) mass is 406 g/mol. The fourth-order valence-corrected chi connectivity index (χ4v) is 3.34. The first kappa shape index (κ1) is 18.8. The summed E-state index contributed by atoms with van der Waals surface area (Å²) in [5.74, 6) is 0.393. The molecule has 8 nitrogen and oxygen atoms in total. The SMILES string of the molecule is Cn1ccc(-c2cccc(-c3cnc(S(C)(=O)=O)nc3Nc3ccncc3)c2)n1. The second-order valence-corrected chi connectivity index (χ2v) is 8.41. The summed E-state index contributed by atoms with van der Waals surface area (Å²) in [4.78, 5) is 12.3. The second-order valence-electron chi connectivity index (χ2n) is 6.50. The van der Waals surface area contributed by atoms with Gasteiger partial charge in [-0.3, -0.25) is 9.67 Å². The molecule has 0 amide bonds. The molecule has 0 bridgehead atoms. The normalized spacial score (nSPS) is 11.4. The lowest BCUT2D eigenvalue weighted by Gasteiger charge is -2.12. The minimum absolute atomic E-state index is 0.237. The highest BCUT2D eigenvalue weighted by atomic mass is 32.2. The molecule has 29 heavy (non-hydrogen) atoms. The highest BCUT2D eigenvalue weighted by Gasteiger charge is 2.17. The average Bonchev–Trinajstić information content (AvgIpc) is 3.15. The van der Waals surface area contributed by atoms with Gasteiger partial charge in [-0.2, -0.15) is 5.10 Å². The zero-order valence-electron chi connectivity index (χ0n) is 15.8. The van der Waals surface area contributed by atoms with Gasteiger partial charge in [-0.15, -0.1) is 0 Å². The van der Waals surface area contributed by atoms with E-state index in [0.717, 1.165) is 28.8 Å². The van der Waals surface area contributed by atoms with Gasteiger partial charge in [-0.1, -0.05) is 18.2 Å². The van der Waals surface area contributed by atoms with E-state index in [-0.39, 0.29) is 5.16 Å². The van der Waals surface area contributed by atoms with Crippen molar-refractivity contribution in [3.63, 3.8) is 0 Å². The average molecular weight is 406 g/mol. The number of benzene rings is 1. The van der Waals surface area contributed by atoms with Crippen LogP contribution in [0.2, 0.25) is 0 Å². The van der Waals surface area contributed by atoms with Crippen LogP contribution >= 0.6 is 0 Å². The number of anilines is 2. The van der Waals surface area contributed by atoms with E-state index in [0.29, 0.717) is 11.4 Å². The molecule has 9 heteroatoms. The molecule has 0 unspecified atom stereocenters. The molecule has 0 aliphatic carbocycles. The summed E-state index contributed by atoms with van der Waals surface area (Å²) in [5, 5.41) is 7.37. The van der Waals surface area contributed by atoms with E-state index in [4.69, 9.17) is 0 Å². The van der Waals surface area contributed by atoms with Crippen LogP contribution in [-0.4, -0.2) is 39.4 Å². The Bertz CT molecular complexity index is 1270. The molecule has 0 spiro atoms. The number of pyridine rings is 1. The van der Waals surface area contributed by atoms with E-state index >= 15 is 0 Å². The Morgan fingerprint density at radius 3 is 2.48 bits per heavy atom. The number of sulfone groups is 1. The standard InChI is InChI=1S/C20H18N6O2S/c1-26-11-8-18(25-26)15-5-3-4-14(12-15)17-13-22-20(29(2,27)28)24-19(17)23-16-6-9-21-10-7-16/h3-13H,1-2H3,(H,21,22,23,24). The fourth-order valence-electron chi connectivity index (χ4n) is 2.84. The van der Waals surface area contributed by atoms with E-state index in [1.807, 2.05) is 43.6 Å². The first-order valence-electron chi connectivity index (χ1n) is 8.75. The molecular weight excluding hydrogens is 388 g/mol. The maximum absolute atomic E-state index is 12.0. The zero-order chi connectivity index (χ0) is 20.4. The summed E-state index contributed by atoms with van der Waals surface area (Å²) < 4.78 is 25.6. The van der Waals surface area contributed by atoms with E-state index in [1.54, 1.807) is 29.2 Å². The zero-order valence-corrected chi connectivity index (χ0v) is 16.6. The number of aryl methyl sites for hydroxylation is 1. The van der Waals surface area contributed by atoms with E-state index in [9.17, 15) is 8.42 Å². The Morgan fingerprint density at radius 2 is 1.79 bits per heavy atom. The molecule has 4 rings (SSSR count). The van der Waals surface area contributed by atoms with Crippen molar-refractivity contribution in [2.75, 3.05) is 11.6 Å². The van der Waals surface area contributed by atoms with Crippen LogP contribution in [0.3, 0.4) is 0 Å². The molecular formula is C20H18N6O2S. The van der Waals surface area contributed by atoms with Gasteiger partial charge in [-0.05, 0) is 29.8 Å². The smallest absolute Gasteiger partial charge is 0.248 e. The van der Waals surface area contributed by atoms with Crippen molar-refractivity contribution < 1.29 is 8.42 Å². The maximum atomic E-state index is 12.0. The lowest BCUT2D eigenvalue weighted by Crippen LogP contribution is -2.07. The predicted molar refractivity (Wildman–Crippen MR) is 110 cm³/mol. The van der Waals surface area contributed by atoms with Crippen LogP contribution in [0.4, 0.5) is 11.5 Å². The predicted octanol–water partition coefficient (Wildman–Crippen LogP) is 3.09.